The number of aryl methyl sites for hydroxylation is 2. The van der Waals surface area contributed by atoms with E-state index in [1.54, 1.807) is 38.1 Å². The third-order valence-corrected chi connectivity index (χ3v) is 7.69. The van der Waals surface area contributed by atoms with Gasteiger partial charge >= 0.3 is 11.9 Å². The summed E-state index contributed by atoms with van der Waals surface area (Å²) < 4.78 is 36.5. The van der Waals surface area contributed by atoms with Gasteiger partial charge in [-0.15, -0.1) is 0 Å². The Bertz CT molecular complexity index is 1250. The fraction of sp³-hybridized carbons (Fsp3) is 0.444. The molecule has 1 aliphatic carbocycles. The molecule has 37 heavy (non-hydrogen) atoms. The molecule has 0 aromatic heterocycles. The van der Waals surface area contributed by atoms with Crippen LogP contribution in [-0.2, 0) is 29.1 Å². The van der Waals surface area contributed by atoms with Crippen molar-refractivity contribution in [2.24, 2.45) is 16.9 Å². The van der Waals surface area contributed by atoms with Gasteiger partial charge in [0.05, 0.1) is 35.3 Å². The van der Waals surface area contributed by atoms with Gasteiger partial charge in [-0.3, -0.25) is 9.59 Å². The number of nitrogens with zero attached hydrogens (tertiary/aromatic N) is 1. The van der Waals surface area contributed by atoms with E-state index in [9.17, 15) is 23.1 Å². The van der Waals surface area contributed by atoms with Gasteiger partial charge in [0, 0.05) is 12.3 Å². The highest BCUT2D eigenvalue weighted by Gasteiger charge is 2.56. The summed E-state index contributed by atoms with van der Waals surface area (Å²) in [7, 11) is -4.06. The maximum Gasteiger partial charge on any atom is 0.315 e. The Morgan fingerprint density at radius 2 is 1.49 bits per heavy atom. The highest BCUT2D eigenvalue weighted by Crippen LogP contribution is 2.47. The number of aliphatic hydroxyl groups is 1. The SMILES string of the molecule is CCOC(=O)[C@@H]1/C(=N\NS(=O)(=O)c2ccc(C)cc2)C[C@](C)(O)[C@@H](C(=O)OCC)[C@H]1c1ccc(C)cc1. The van der Waals surface area contributed by atoms with Crippen LogP contribution in [0.25, 0.3) is 0 Å². The molecular formula is C27H34N2O7S. The van der Waals surface area contributed by atoms with E-state index in [2.05, 4.69) is 9.93 Å². The van der Waals surface area contributed by atoms with Gasteiger partial charge in [0.15, 0.2) is 0 Å². The third kappa shape index (κ3) is 6.37. The maximum atomic E-state index is 13.3. The van der Waals surface area contributed by atoms with E-state index >= 15 is 0 Å². The number of carbonyl (C=O) groups excluding carboxylic acids is 2. The Morgan fingerprint density at radius 3 is 2.03 bits per heavy atom. The van der Waals surface area contributed by atoms with Gasteiger partial charge in [-0.1, -0.05) is 47.5 Å². The zero-order chi connectivity index (χ0) is 27.4. The van der Waals surface area contributed by atoms with Crippen LogP contribution in [0.4, 0.5) is 0 Å². The zero-order valence-electron chi connectivity index (χ0n) is 21.7. The van der Waals surface area contributed by atoms with Crippen molar-refractivity contribution in [3.8, 4) is 0 Å². The number of esters is 2. The molecule has 2 aromatic rings. The van der Waals surface area contributed by atoms with Gasteiger partial charge in [-0.05, 0) is 52.3 Å². The number of hydrogen-bond donors (Lipinski definition) is 2. The molecule has 2 aromatic carbocycles. The Hall–Kier alpha value is -3.24. The van der Waals surface area contributed by atoms with Crippen LogP contribution in [0.15, 0.2) is 58.5 Å². The first-order valence-corrected chi connectivity index (χ1v) is 13.7. The molecule has 0 saturated heterocycles. The highest BCUT2D eigenvalue weighted by molar-refractivity contribution is 7.89. The number of benzene rings is 2. The van der Waals surface area contributed by atoms with E-state index in [1.165, 1.54) is 19.1 Å². The van der Waals surface area contributed by atoms with Gasteiger partial charge < -0.3 is 14.6 Å². The van der Waals surface area contributed by atoms with Crippen molar-refractivity contribution in [2.45, 2.75) is 57.5 Å². The number of hydrazone groups is 1. The molecule has 0 heterocycles. The van der Waals surface area contributed by atoms with Gasteiger partial charge in [-0.25, -0.2) is 4.83 Å². The van der Waals surface area contributed by atoms with Crippen LogP contribution in [0.5, 0.6) is 0 Å². The molecule has 10 heteroatoms. The fourth-order valence-electron chi connectivity index (χ4n) is 4.69. The predicted octanol–water partition coefficient (Wildman–Crippen LogP) is 3.23. The quantitative estimate of drug-likeness (QED) is 0.396. The minimum Gasteiger partial charge on any atom is -0.466 e. The van der Waals surface area contributed by atoms with Crippen molar-refractivity contribution < 1.29 is 32.6 Å². The standard InChI is InChI=1S/C27H34N2O7S/c1-6-35-25(30)23-21(28-29-37(33,34)20-14-10-18(4)11-15-20)16-27(5,32)24(26(31)36-7-2)22(23)19-12-8-17(3)9-13-19/h8-15,22-24,29,32H,6-7,16H2,1-5H3/b28-21-/t22-,23+,24+,27-/m0/s1. The van der Waals surface area contributed by atoms with Crippen molar-refractivity contribution in [3.05, 3.63) is 65.2 Å². The number of sulfonamides is 1. The summed E-state index contributed by atoms with van der Waals surface area (Å²) in [6.07, 6.45) is -0.251. The number of ether oxygens (including phenoxy) is 2. The zero-order valence-corrected chi connectivity index (χ0v) is 22.5. The summed E-state index contributed by atoms with van der Waals surface area (Å²) in [4.78, 5) is 28.7. The summed E-state index contributed by atoms with van der Waals surface area (Å²) in [5.41, 5.74) is 0.813. The lowest BCUT2D eigenvalue weighted by molar-refractivity contribution is -0.163. The summed E-state index contributed by atoms with van der Waals surface area (Å²) in [5, 5.41) is 15.6. The first-order chi connectivity index (χ1) is 17.4. The van der Waals surface area contributed by atoms with E-state index in [-0.39, 0.29) is 30.2 Å². The lowest BCUT2D eigenvalue weighted by Gasteiger charge is -2.45. The largest absolute Gasteiger partial charge is 0.466 e. The molecular weight excluding hydrogens is 496 g/mol. The van der Waals surface area contributed by atoms with Gasteiger partial charge in [0.25, 0.3) is 10.0 Å². The smallest absolute Gasteiger partial charge is 0.315 e. The van der Waals surface area contributed by atoms with E-state index < -0.39 is 45.3 Å². The molecule has 1 saturated carbocycles. The van der Waals surface area contributed by atoms with Gasteiger partial charge in [0.2, 0.25) is 0 Å². The molecule has 9 nitrogen and oxygen atoms in total. The van der Waals surface area contributed by atoms with Crippen molar-refractivity contribution in [3.63, 3.8) is 0 Å². The first kappa shape index (κ1) is 28.3. The minimum absolute atomic E-state index is 0.00260. The summed E-state index contributed by atoms with van der Waals surface area (Å²) in [6, 6.07) is 13.4. The molecule has 0 unspecified atom stereocenters. The van der Waals surface area contributed by atoms with Crippen LogP contribution in [-0.4, -0.2) is 50.0 Å². The lowest BCUT2D eigenvalue weighted by Crippen LogP contribution is -2.55. The van der Waals surface area contributed by atoms with Crippen LogP contribution >= 0.6 is 0 Å². The molecule has 0 radical (unpaired) electrons. The Balaban J connectivity index is 2.15. The van der Waals surface area contributed by atoms with E-state index in [1.807, 2.05) is 26.0 Å². The van der Waals surface area contributed by atoms with E-state index in [4.69, 9.17) is 9.47 Å². The normalized spacial score (nSPS) is 24.9. The molecule has 0 amide bonds. The van der Waals surface area contributed by atoms with Crippen LogP contribution in [0.1, 0.15) is 49.8 Å². The second kappa shape index (κ2) is 11.4. The Labute approximate surface area is 217 Å². The summed E-state index contributed by atoms with van der Waals surface area (Å²) in [6.45, 7) is 8.67. The van der Waals surface area contributed by atoms with Crippen LogP contribution < -0.4 is 4.83 Å². The topological polar surface area (TPSA) is 131 Å². The average Bonchev–Trinajstić information content (AvgIpc) is 2.83. The molecule has 2 N–H and O–H groups in total. The molecule has 200 valence electrons. The third-order valence-electron chi connectivity index (χ3n) is 6.47. The van der Waals surface area contributed by atoms with Crippen molar-refractivity contribution in [2.75, 3.05) is 13.2 Å². The van der Waals surface area contributed by atoms with Crippen LogP contribution in [0.3, 0.4) is 0 Å². The summed E-state index contributed by atoms with van der Waals surface area (Å²) in [5.74, 6) is -4.52. The van der Waals surface area contributed by atoms with Crippen molar-refractivity contribution in [1.82, 2.24) is 4.83 Å². The van der Waals surface area contributed by atoms with E-state index in [0.29, 0.717) is 5.56 Å². The number of hydrogen-bond acceptors (Lipinski definition) is 8. The summed E-state index contributed by atoms with van der Waals surface area (Å²) >= 11 is 0. The Kier molecular flexibility index (Phi) is 8.76. The minimum atomic E-state index is -4.06. The molecule has 4 atom stereocenters. The molecule has 1 fully saturated rings. The second-order valence-corrected chi connectivity index (χ2v) is 11.1. The van der Waals surface area contributed by atoms with Crippen molar-refractivity contribution >= 4 is 27.7 Å². The first-order valence-electron chi connectivity index (χ1n) is 12.2. The average molecular weight is 531 g/mol. The second-order valence-electron chi connectivity index (χ2n) is 9.44. The molecule has 0 aliphatic heterocycles. The Morgan fingerprint density at radius 1 is 0.973 bits per heavy atom. The van der Waals surface area contributed by atoms with Gasteiger partial charge in [-0.2, -0.15) is 13.5 Å². The predicted molar refractivity (Wildman–Crippen MR) is 138 cm³/mol. The number of carbonyl (C=O) groups is 2. The van der Waals surface area contributed by atoms with E-state index in [0.717, 1.165) is 11.1 Å². The van der Waals surface area contributed by atoms with Crippen LogP contribution in [0, 0.1) is 25.7 Å². The molecule has 0 bridgehead atoms. The fourth-order valence-corrected chi connectivity index (χ4v) is 5.53. The van der Waals surface area contributed by atoms with Crippen molar-refractivity contribution in [1.29, 1.82) is 0 Å². The highest BCUT2D eigenvalue weighted by atomic mass is 32.2. The molecule has 0 spiro atoms. The molecule has 3 rings (SSSR count). The maximum absolute atomic E-state index is 13.3. The lowest BCUT2D eigenvalue weighted by atomic mass is 9.61. The number of rotatable bonds is 8. The van der Waals surface area contributed by atoms with Crippen LogP contribution in [0.2, 0.25) is 0 Å². The number of nitrogens with one attached hydrogen (secondary N) is 1. The monoisotopic (exact) mass is 530 g/mol. The molecule has 1 aliphatic rings. The van der Waals surface area contributed by atoms with Gasteiger partial charge in [0.1, 0.15) is 5.92 Å².